The number of fused-ring (bicyclic) bond motifs is 1. The Labute approximate surface area is 781 Å². The van der Waals surface area contributed by atoms with E-state index in [0.29, 0.717) is 57.1 Å². The van der Waals surface area contributed by atoms with Crippen molar-refractivity contribution in [2.45, 2.75) is 191 Å². The third-order valence-electron chi connectivity index (χ3n) is 23.0. The van der Waals surface area contributed by atoms with E-state index in [1.165, 1.54) is 90.6 Å². The normalized spacial score (nSPS) is 22.1. The van der Waals surface area contributed by atoms with Crippen LogP contribution in [0, 0.1) is 11.8 Å². The zero-order valence-corrected chi connectivity index (χ0v) is 77.5. The molecule has 1 saturated heterocycles. The number of rotatable bonds is 26. The third kappa shape index (κ3) is 31.5. The van der Waals surface area contributed by atoms with Gasteiger partial charge in [-0.25, -0.2) is 0 Å². The number of hydrogen-bond donors (Lipinski definition) is 15. The van der Waals surface area contributed by atoms with E-state index in [4.69, 9.17) is 5.73 Å². The summed E-state index contributed by atoms with van der Waals surface area (Å²) in [6, 6.07) is 23.9. The van der Waals surface area contributed by atoms with Gasteiger partial charge in [-0.05, 0) is 94.8 Å². The molecule has 0 spiro atoms. The van der Waals surface area contributed by atoms with Crippen molar-refractivity contribution >= 4 is 123 Å². The minimum absolute atomic E-state index is 0.0126. The van der Waals surface area contributed by atoms with E-state index < -0.39 is 235 Å². The highest BCUT2D eigenvalue weighted by atomic mass is 32.2. The number of likely N-dealkylation sites (N-methyl/N-ethyl adjacent to an activating group) is 5. The fourth-order valence-corrected chi connectivity index (χ4v) is 16.4. The smallest absolute Gasteiger partial charge is 0.305 e. The Morgan fingerprint density at radius 2 is 0.896 bits per heavy atom. The van der Waals surface area contributed by atoms with Gasteiger partial charge in [-0.15, -0.1) is 11.8 Å². The van der Waals surface area contributed by atoms with E-state index in [1.807, 2.05) is 6.92 Å². The number of phenols is 2. The second-order valence-electron chi connectivity index (χ2n) is 34.2. The highest BCUT2D eigenvalue weighted by molar-refractivity contribution is 8.00. The van der Waals surface area contributed by atoms with Crippen LogP contribution in [0.5, 0.6) is 11.5 Å². The van der Waals surface area contributed by atoms with Crippen molar-refractivity contribution in [3.8, 4) is 11.5 Å². The molecule has 0 bridgehead atoms. The van der Waals surface area contributed by atoms with Crippen molar-refractivity contribution in [1.29, 1.82) is 0 Å². The van der Waals surface area contributed by atoms with Crippen molar-refractivity contribution < 1.29 is 102 Å². The van der Waals surface area contributed by atoms with E-state index in [2.05, 4.69) is 52.8 Å². The monoisotopic (exact) mass is 1870 g/mol. The average Bonchev–Trinajstić information content (AvgIpc) is 1.69. The van der Waals surface area contributed by atoms with Gasteiger partial charge in [0.05, 0.1) is 25.3 Å². The maximum atomic E-state index is 15.8. The number of benzene rings is 6. The lowest BCUT2D eigenvalue weighted by Crippen LogP contribution is -2.62. The summed E-state index contributed by atoms with van der Waals surface area (Å²) in [6.45, 7) is 6.80. The standard InChI is InChI=1S/C96H122N16O21S/c1-11-12-32-76-94(131)108(6)53-80(116)100-71(50-83(120)121)89(126)107-84(57(4)5)96(133)111(9)77(47-59-26-18-14-19-27-59)91(128)105-73(46-62-35-39-65(114)40-36-62)93(130)109(7)75(41-42-82(118)119)90(127)104-70(49-63-51-98-67-31-23-22-30-66(63)67)88(125)103-69(44-61-33-37-64(113)38-34-61)87(124)102-68(43-56(2)3)86(123)106-74(85(122)99-52-79(97)115)54-134-55-81(117)101-72(45-58-24-16-13-17-25-58)92(129)112(10)78(95(132)110(76)8)48-60-28-20-15-21-29-60/h13-31,33-40,51,56-57,68-78,84,98,113-114H,11-12,32,41-50,52-55H2,1-10H3,(H2,97,115)(H,99,122)(H,100,116)(H,101,117)(H,102,124)(H,103,125)(H,104,127)(H,105,128)(H,106,123)(H,107,126)(H,118,119)(H,120,121)/t68-,69-,70-,71-,72-,73?,74-,75-,76-,77-,78-,84-/m0/s1. The number of unbranched alkanes of at least 4 members (excludes halogenated alkanes) is 1. The maximum absolute atomic E-state index is 15.8. The molecule has 16 N–H and O–H groups in total. The molecule has 12 atom stereocenters. The summed E-state index contributed by atoms with van der Waals surface area (Å²) < 4.78 is 0. The first-order valence-corrected chi connectivity index (χ1v) is 45.4. The second-order valence-corrected chi connectivity index (χ2v) is 35.2. The molecule has 37 nitrogen and oxygen atoms in total. The van der Waals surface area contributed by atoms with E-state index in [1.54, 1.807) is 135 Å². The van der Waals surface area contributed by atoms with Crippen LogP contribution in [0.2, 0.25) is 0 Å². The van der Waals surface area contributed by atoms with Crippen LogP contribution in [0.15, 0.2) is 170 Å². The van der Waals surface area contributed by atoms with Gasteiger partial charge < -0.3 is 103 Å². The predicted octanol–water partition coefficient (Wildman–Crippen LogP) is 2.56. The first-order valence-electron chi connectivity index (χ1n) is 44.2. The number of amides is 15. The van der Waals surface area contributed by atoms with Crippen LogP contribution < -0.4 is 53.6 Å². The number of carboxylic acid groups (broad SMARTS) is 2. The van der Waals surface area contributed by atoms with Crippen molar-refractivity contribution in [2.75, 3.05) is 59.8 Å². The summed E-state index contributed by atoms with van der Waals surface area (Å²) in [6.07, 6.45) is -1.92. The zero-order chi connectivity index (χ0) is 98.2. The number of carbonyl (C=O) groups is 17. The number of carbonyl (C=O) groups excluding carboxylic acids is 15. The molecule has 718 valence electrons. The number of para-hydroxylation sites is 1. The fourth-order valence-electron chi connectivity index (χ4n) is 15.6. The number of aliphatic carboxylic acids is 2. The number of hydrogen-bond acceptors (Lipinski definition) is 20. The Bertz CT molecular complexity index is 5260. The Balaban J connectivity index is 1.25. The van der Waals surface area contributed by atoms with Crippen LogP contribution in [0.3, 0.4) is 0 Å². The average molecular weight is 1870 g/mol. The molecule has 1 aromatic heterocycles. The first kappa shape index (κ1) is 105. The highest BCUT2D eigenvalue weighted by Gasteiger charge is 2.43. The molecule has 38 heteroatoms. The summed E-state index contributed by atoms with van der Waals surface area (Å²) in [5.41, 5.74) is 8.76. The van der Waals surface area contributed by atoms with E-state index in [-0.39, 0.29) is 56.4 Å². The number of aromatic hydroxyl groups is 2. The second kappa shape index (κ2) is 51.0. The number of thioether (sulfide) groups is 1. The molecule has 15 amide bonds. The van der Waals surface area contributed by atoms with E-state index in [9.17, 15) is 54.0 Å². The third-order valence-corrected chi connectivity index (χ3v) is 24.1. The molecular formula is C96H122N16O21S. The SMILES string of the molecule is CCCC[C@H]1C(=O)N(C)CC(=O)N[C@@H](CC(=O)O)C(=O)N[C@@H](C(C)C)C(=O)N(C)[C@@H](Cc2ccccc2)C(=O)NC(Cc2ccc(O)cc2)C(=O)N(C)[C@@H](CCC(=O)O)C(=O)N[C@@H](Cc2c[nH]c3ccccc23)C(=O)N[C@@H](Cc2ccc(O)cc2)C(=O)N[C@@H](CC(C)C)C(=O)N[C@H](C(=O)NCC(N)=O)CSCC(=O)N[C@@H](Cc2ccccc2)C(=O)N(C)[C@@H](Cc2ccccc2)C(=O)N1C. The molecule has 1 aliphatic rings. The van der Waals surface area contributed by atoms with Gasteiger partial charge in [0, 0.05) is 103 Å². The molecule has 1 aliphatic heterocycles. The first-order chi connectivity index (χ1) is 63.7. The minimum Gasteiger partial charge on any atom is -0.508 e. The number of nitrogens with zero attached hydrogens (tertiary/aromatic N) is 5. The Morgan fingerprint density at radius 1 is 0.448 bits per heavy atom. The van der Waals surface area contributed by atoms with Gasteiger partial charge in [0.15, 0.2) is 0 Å². The summed E-state index contributed by atoms with van der Waals surface area (Å²) in [5, 5.41) is 65.9. The fraction of sp³-hybridized carbons (Fsp3) is 0.427. The summed E-state index contributed by atoms with van der Waals surface area (Å²) >= 11 is 0.807. The van der Waals surface area contributed by atoms with Gasteiger partial charge in [0.2, 0.25) is 88.6 Å². The molecule has 0 aliphatic carbocycles. The Kier molecular flexibility index (Phi) is 40.0. The Hall–Kier alpha value is -14.2. The highest BCUT2D eigenvalue weighted by Crippen LogP contribution is 2.26. The number of phenolic OH excluding ortho intramolecular Hbond substituents is 2. The van der Waals surface area contributed by atoms with Gasteiger partial charge in [-0.2, -0.15) is 0 Å². The van der Waals surface area contributed by atoms with Crippen molar-refractivity contribution in [3.05, 3.63) is 203 Å². The van der Waals surface area contributed by atoms with Gasteiger partial charge in [-0.3, -0.25) is 81.5 Å². The molecule has 134 heavy (non-hydrogen) atoms. The molecule has 1 unspecified atom stereocenters. The van der Waals surface area contributed by atoms with E-state index in [0.717, 1.165) is 43.3 Å². The number of H-pyrrole nitrogens is 1. The number of primary amides is 1. The van der Waals surface area contributed by atoms with Crippen molar-refractivity contribution in [3.63, 3.8) is 0 Å². The molecule has 1 fully saturated rings. The number of nitrogens with one attached hydrogen (secondary N) is 10. The van der Waals surface area contributed by atoms with Crippen LogP contribution in [0.1, 0.15) is 113 Å². The quantitative estimate of drug-likeness (QED) is 0.0370. The lowest BCUT2D eigenvalue weighted by atomic mass is 9.98. The van der Waals surface area contributed by atoms with Crippen molar-refractivity contribution in [2.24, 2.45) is 17.6 Å². The topological polar surface area (TPSA) is 537 Å². The van der Waals surface area contributed by atoms with Gasteiger partial charge in [0.25, 0.3) is 0 Å². The van der Waals surface area contributed by atoms with E-state index >= 15 is 47.9 Å². The van der Waals surface area contributed by atoms with Crippen LogP contribution in [-0.4, -0.2) is 283 Å². The summed E-state index contributed by atoms with van der Waals surface area (Å²) in [4.78, 5) is 258. The lowest BCUT2D eigenvalue weighted by molar-refractivity contribution is -0.151. The molecule has 0 saturated carbocycles. The molecule has 0 radical (unpaired) electrons. The minimum atomic E-state index is -1.94. The Morgan fingerprint density at radius 3 is 1.43 bits per heavy atom. The van der Waals surface area contributed by atoms with Gasteiger partial charge >= 0.3 is 11.9 Å². The molecule has 8 rings (SSSR count). The van der Waals surface area contributed by atoms with Crippen LogP contribution in [-0.2, 0) is 120 Å². The number of aromatic amines is 1. The molecular weight excluding hydrogens is 1750 g/mol. The predicted molar refractivity (Wildman–Crippen MR) is 498 cm³/mol. The summed E-state index contributed by atoms with van der Waals surface area (Å²) in [7, 11) is 6.36. The maximum Gasteiger partial charge on any atom is 0.305 e. The zero-order valence-electron chi connectivity index (χ0n) is 76.7. The molecule has 6 aromatic carbocycles. The number of aromatic nitrogens is 1. The lowest BCUT2D eigenvalue weighted by Gasteiger charge is -2.37. The number of carboxylic acids is 2. The number of nitrogens with two attached hydrogens (primary N) is 1. The largest absolute Gasteiger partial charge is 0.508 e. The van der Waals surface area contributed by atoms with Crippen LogP contribution in [0.25, 0.3) is 10.9 Å². The van der Waals surface area contributed by atoms with Gasteiger partial charge in [-0.1, -0.05) is 181 Å². The van der Waals surface area contributed by atoms with Crippen molar-refractivity contribution in [1.82, 2.24) is 77.3 Å². The summed E-state index contributed by atoms with van der Waals surface area (Å²) in [5.74, 6) is -20.0. The van der Waals surface area contributed by atoms with Gasteiger partial charge in [0.1, 0.15) is 84.0 Å². The van der Waals surface area contributed by atoms with Crippen LogP contribution in [0.4, 0.5) is 0 Å². The van der Waals surface area contributed by atoms with Crippen LogP contribution >= 0.6 is 11.8 Å². The molecule has 2 heterocycles. The molecule has 7 aromatic rings.